The van der Waals surface area contributed by atoms with Crippen LogP contribution in [0.25, 0.3) is 0 Å². The summed E-state index contributed by atoms with van der Waals surface area (Å²) >= 11 is 0. The van der Waals surface area contributed by atoms with Crippen LogP contribution in [0.4, 0.5) is 0 Å². The van der Waals surface area contributed by atoms with E-state index in [0.29, 0.717) is 0 Å². The molecule has 0 aromatic heterocycles. The first kappa shape index (κ1) is 18.7. The normalized spacial score (nSPS) is 24.8. The van der Waals surface area contributed by atoms with E-state index in [2.05, 4.69) is 46.0 Å². The first-order valence-electron chi connectivity index (χ1n) is 8.56. The van der Waals surface area contributed by atoms with E-state index in [1.54, 1.807) is 0 Å². The molecule has 1 aromatic carbocycles. The number of hydrogen-bond donors (Lipinski definition) is 0. The van der Waals surface area contributed by atoms with Gasteiger partial charge in [0.25, 0.3) is 0 Å². The Labute approximate surface area is 142 Å². The fourth-order valence-corrected chi connectivity index (χ4v) is 3.68. The van der Waals surface area contributed by atoms with Crippen LogP contribution in [0.3, 0.4) is 0 Å². The van der Waals surface area contributed by atoms with E-state index in [1.807, 2.05) is 32.0 Å². The van der Waals surface area contributed by atoms with Crippen LogP contribution in [0.2, 0.25) is 18.1 Å². The number of benzene rings is 1. The third-order valence-electron chi connectivity index (χ3n) is 4.98. The zero-order valence-corrected chi connectivity index (χ0v) is 16.7. The van der Waals surface area contributed by atoms with Crippen molar-refractivity contribution >= 4 is 8.32 Å². The van der Waals surface area contributed by atoms with Gasteiger partial charge in [0, 0.05) is 6.61 Å². The van der Waals surface area contributed by atoms with Gasteiger partial charge in [-0.15, -0.1) is 0 Å². The predicted molar refractivity (Wildman–Crippen MR) is 97.0 cm³/mol. The highest BCUT2D eigenvalue weighted by Gasteiger charge is 2.42. The highest BCUT2D eigenvalue weighted by Crippen LogP contribution is 2.40. The van der Waals surface area contributed by atoms with Crippen molar-refractivity contribution in [1.82, 2.24) is 0 Å². The van der Waals surface area contributed by atoms with Crippen molar-refractivity contribution in [3.05, 3.63) is 35.9 Å². The number of ether oxygens (including phenoxy) is 2. The van der Waals surface area contributed by atoms with E-state index in [4.69, 9.17) is 13.9 Å². The summed E-state index contributed by atoms with van der Waals surface area (Å²) < 4.78 is 18.6. The zero-order valence-electron chi connectivity index (χ0n) is 15.7. The van der Waals surface area contributed by atoms with Crippen molar-refractivity contribution in [2.75, 3.05) is 6.61 Å². The van der Waals surface area contributed by atoms with E-state index in [0.717, 1.165) is 13.0 Å². The Morgan fingerprint density at radius 3 is 2.26 bits per heavy atom. The third kappa shape index (κ3) is 4.66. The Kier molecular flexibility index (Phi) is 5.41. The Bertz CT molecular complexity index is 505. The van der Waals surface area contributed by atoms with Gasteiger partial charge in [0.2, 0.25) is 0 Å². The molecular weight excluding hydrogens is 304 g/mol. The van der Waals surface area contributed by atoms with Crippen molar-refractivity contribution in [2.24, 2.45) is 0 Å². The minimum atomic E-state index is -1.71. The summed E-state index contributed by atoms with van der Waals surface area (Å²) in [4.78, 5) is 0. The van der Waals surface area contributed by atoms with Crippen LogP contribution < -0.4 is 0 Å². The van der Waals surface area contributed by atoms with E-state index in [1.165, 1.54) is 5.56 Å². The fraction of sp³-hybridized carbons (Fsp3) is 0.684. The monoisotopic (exact) mass is 336 g/mol. The summed E-state index contributed by atoms with van der Waals surface area (Å²) in [6.07, 6.45) is 0.876. The van der Waals surface area contributed by atoms with Crippen LogP contribution >= 0.6 is 0 Å². The maximum absolute atomic E-state index is 6.31. The van der Waals surface area contributed by atoms with Gasteiger partial charge >= 0.3 is 0 Å². The summed E-state index contributed by atoms with van der Waals surface area (Å²) in [5.41, 5.74) is 1.18. The molecule has 130 valence electrons. The Balaban J connectivity index is 2.00. The molecule has 23 heavy (non-hydrogen) atoms. The second-order valence-electron chi connectivity index (χ2n) is 8.40. The van der Waals surface area contributed by atoms with Crippen LogP contribution in [0.15, 0.2) is 30.3 Å². The molecular formula is C19H32O3Si. The van der Waals surface area contributed by atoms with Gasteiger partial charge in [-0.1, -0.05) is 51.1 Å². The molecule has 3 nitrogen and oxygen atoms in total. The zero-order chi connectivity index (χ0) is 17.3. The highest BCUT2D eigenvalue weighted by atomic mass is 28.4. The summed E-state index contributed by atoms with van der Waals surface area (Å²) in [6, 6.07) is 10.3. The predicted octanol–water partition coefficient (Wildman–Crippen LogP) is 5.29. The van der Waals surface area contributed by atoms with Crippen LogP contribution in [-0.4, -0.2) is 26.8 Å². The van der Waals surface area contributed by atoms with Crippen molar-refractivity contribution in [3.63, 3.8) is 0 Å². The van der Waals surface area contributed by atoms with Crippen LogP contribution in [0.5, 0.6) is 0 Å². The maximum Gasteiger partial charge on any atom is 0.191 e. The van der Waals surface area contributed by atoms with Crippen molar-refractivity contribution < 1.29 is 13.9 Å². The SMILES string of the molecule is CC1(C)O[C@H](c2ccccc2)[C@@H](CCO[Si](C)(C)C(C)(C)C)O1. The third-order valence-corrected chi connectivity index (χ3v) is 9.52. The number of hydrogen-bond acceptors (Lipinski definition) is 3. The molecule has 0 unspecified atom stereocenters. The lowest BCUT2D eigenvalue weighted by molar-refractivity contribution is -0.147. The molecule has 1 aromatic rings. The highest BCUT2D eigenvalue weighted by molar-refractivity contribution is 6.74. The summed E-state index contributed by atoms with van der Waals surface area (Å²) in [5, 5.41) is 0.234. The molecule has 0 bridgehead atoms. The molecule has 2 atom stereocenters. The van der Waals surface area contributed by atoms with Crippen molar-refractivity contribution in [3.8, 4) is 0 Å². The topological polar surface area (TPSA) is 27.7 Å². The standard InChI is InChI=1S/C19H32O3Si/c1-18(2,3)23(6,7)20-14-13-16-17(22-19(4,5)21-16)15-11-9-8-10-12-15/h8-12,16-17H,13-14H2,1-7H3/t16-,17-/m1/s1. The Morgan fingerprint density at radius 1 is 1.09 bits per heavy atom. The van der Waals surface area contributed by atoms with Gasteiger partial charge in [0.1, 0.15) is 6.10 Å². The minimum absolute atomic E-state index is 0.0192. The minimum Gasteiger partial charge on any atom is -0.417 e. The molecule has 1 aliphatic heterocycles. The smallest absolute Gasteiger partial charge is 0.191 e. The molecule has 2 rings (SSSR count). The van der Waals surface area contributed by atoms with Gasteiger partial charge in [-0.3, -0.25) is 0 Å². The average molecular weight is 337 g/mol. The fourth-order valence-electron chi connectivity index (χ4n) is 2.62. The molecule has 1 heterocycles. The lowest BCUT2D eigenvalue weighted by Gasteiger charge is -2.36. The summed E-state index contributed by atoms with van der Waals surface area (Å²) in [6.45, 7) is 16.1. The molecule has 1 aliphatic rings. The van der Waals surface area contributed by atoms with Crippen molar-refractivity contribution in [2.45, 2.75) is 77.2 Å². The second-order valence-corrected chi connectivity index (χ2v) is 13.2. The van der Waals surface area contributed by atoms with Crippen LogP contribution in [0, 0.1) is 0 Å². The molecule has 0 aliphatic carbocycles. The van der Waals surface area contributed by atoms with Gasteiger partial charge in [-0.2, -0.15) is 0 Å². The van der Waals surface area contributed by atoms with Gasteiger partial charge in [-0.25, -0.2) is 0 Å². The van der Waals surface area contributed by atoms with E-state index < -0.39 is 14.1 Å². The van der Waals surface area contributed by atoms with Gasteiger partial charge in [0.05, 0.1) is 6.10 Å². The van der Waals surface area contributed by atoms with E-state index >= 15 is 0 Å². The van der Waals surface area contributed by atoms with Crippen LogP contribution in [0.1, 0.15) is 52.7 Å². The average Bonchev–Trinajstić information content (AvgIpc) is 2.73. The molecule has 0 N–H and O–H groups in total. The van der Waals surface area contributed by atoms with E-state index in [-0.39, 0.29) is 17.2 Å². The quantitative estimate of drug-likeness (QED) is 0.684. The summed E-state index contributed by atoms with van der Waals surface area (Å²) in [5.74, 6) is -0.540. The van der Waals surface area contributed by atoms with Crippen LogP contribution in [-0.2, 0) is 13.9 Å². The van der Waals surface area contributed by atoms with Gasteiger partial charge < -0.3 is 13.9 Å². The maximum atomic E-state index is 6.31. The molecule has 0 radical (unpaired) electrons. The Hall–Kier alpha value is -0.683. The first-order chi connectivity index (χ1) is 10.5. The second kappa shape index (κ2) is 6.67. The Morgan fingerprint density at radius 2 is 1.70 bits per heavy atom. The largest absolute Gasteiger partial charge is 0.417 e. The molecule has 0 saturated carbocycles. The molecule has 0 spiro atoms. The molecule has 4 heteroatoms. The summed E-state index contributed by atoms with van der Waals surface area (Å²) in [7, 11) is -1.71. The lowest BCUT2D eigenvalue weighted by atomic mass is 10.0. The van der Waals surface area contributed by atoms with Gasteiger partial charge in [-0.05, 0) is 44.0 Å². The first-order valence-corrected chi connectivity index (χ1v) is 11.5. The van der Waals surface area contributed by atoms with E-state index in [9.17, 15) is 0 Å². The molecule has 0 amide bonds. The van der Waals surface area contributed by atoms with Gasteiger partial charge in [0.15, 0.2) is 14.1 Å². The number of rotatable bonds is 5. The lowest BCUT2D eigenvalue weighted by Crippen LogP contribution is -2.41. The molecule has 1 fully saturated rings. The molecule has 1 saturated heterocycles. The van der Waals surface area contributed by atoms with Crippen molar-refractivity contribution in [1.29, 1.82) is 0 Å².